The van der Waals surface area contributed by atoms with E-state index in [0.29, 0.717) is 24.5 Å². The number of amides is 2. The van der Waals surface area contributed by atoms with Gasteiger partial charge in [-0.1, -0.05) is 0 Å². The number of benzene rings is 1. The van der Waals surface area contributed by atoms with Crippen molar-refractivity contribution in [2.75, 3.05) is 24.5 Å². The van der Waals surface area contributed by atoms with Gasteiger partial charge in [0.15, 0.2) is 5.60 Å². The van der Waals surface area contributed by atoms with Gasteiger partial charge in [0.25, 0.3) is 5.91 Å². The maximum atomic E-state index is 12.8. The maximum Gasteiger partial charge on any atom is 0.335 e. The molecule has 2 aliphatic heterocycles. The van der Waals surface area contributed by atoms with Crippen LogP contribution in [0.3, 0.4) is 0 Å². The Hall–Kier alpha value is -2.57. The highest BCUT2D eigenvalue weighted by molar-refractivity contribution is 6.06. The summed E-state index contributed by atoms with van der Waals surface area (Å²) in [5.74, 6) is -1.17. The molecule has 1 N–H and O–H groups in total. The number of rotatable bonds is 3. The first-order chi connectivity index (χ1) is 11.8. The Morgan fingerprint density at radius 1 is 1.20 bits per heavy atom. The lowest BCUT2D eigenvalue weighted by molar-refractivity contribution is -0.137. The van der Waals surface area contributed by atoms with E-state index in [9.17, 15) is 19.5 Å². The van der Waals surface area contributed by atoms with Crippen molar-refractivity contribution >= 4 is 23.5 Å². The van der Waals surface area contributed by atoms with Crippen LogP contribution in [0.4, 0.5) is 5.69 Å². The fraction of sp³-hybridized carbons (Fsp3) is 0.500. The Balaban J connectivity index is 1.93. The van der Waals surface area contributed by atoms with E-state index in [1.54, 1.807) is 18.7 Å². The van der Waals surface area contributed by atoms with Crippen LogP contribution in [0.1, 0.15) is 43.5 Å². The van der Waals surface area contributed by atoms with E-state index in [-0.39, 0.29) is 23.9 Å². The number of carbonyl (C=O) groups is 3. The van der Waals surface area contributed by atoms with E-state index in [1.165, 1.54) is 23.1 Å². The average Bonchev–Trinajstić information content (AvgIpc) is 2.59. The van der Waals surface area contributed by atoms with Crippen LogP contribution in [0.2, 0.25) is 0 Å². The molecule has 2 aliphatic rings. The quantitative estimate of drug-likeness (QED) is 0.903. The van der Waals surface area contributed by atoms with Gasteiger partial charge in [0.2, 0.25) is 5.91 Å². The Kier molecular flexibility index (Phi) is 4.41. The summed E-state index contributed by atoms with van der Waals surface area (Å²) >= 11 is 0. The first kappa shape index (κ1) is 17.3. The molecule has 1 aromatic rings. The van der Waals surface area contributed by atoms with Crippen molar-refractivity contribution in [3.63, 3.8) is 0 Å². The van der Waals surface area contributed by atoms with Crippen molar-refractivity contribution in [1.82, 2.24) is 4.90 Å². The van der Waals surface area contributed by atoms with Crippen molar-refractivity contribution < 1.29 is 24.2 Å². The lowest BCUT2D eigenvalue weighted by Crippen LogP contribution is -2.55. The molecule has 2 amide bonds. The summed E-state index contributed by atoms with van der Waals surface area (Å²) in [7, 11) is 0. The second-order valence-electron chi connectivity index (χ2n) is 6.93. The molecule has 1 fully saturated rings. The number of likely N-dealkylation sites (tertiary alicyclic amines) is 1. The predicted octanol–water partition coefficient (Wildman–Crippen LogP) is 1.90. The van der Waals surface area contributed by atoms with Crippen molar-refractivity contribution in [3.05, 3.63) is 23.8 Å². The number of hydrogen-bond acceptors (Lipinski definition) is 4. The van der Waals surface area contributed by atoms with Crippen LogP contribution in [0, 0.1) is 0 Å². The van der Waals surface area contributed by atoms with Gasteiger partial charge in [0.1, 0.15) is 12.3 Å². The number of carbonyl (C=O) groups excluding carboxylic acids is 2. The molecule has 134 valence electrons. The minimum Gasteiger partial charge on any atom is -0.478 e. The second kappa shape index (κ2) is 6.38. The molecule has 0 aromatic heterocycles. The molecule has 7 nitrogen and oxygen atoms in total. The SMILES string of the molecule is CC1(C)Oc2ccc(C(=O)O)cc2N(CC(=O)N2CCCCC2)C1=O. The van der Waals surface area contributed by atoms with E-state index in [1.807, 2.05) is 0 Å². The molecule has 1 aromatic carbocycles. The molecule has 0 saturated carbocycles. The average molecular weight is 346 g/mol. The highest BCUT2D eigenvalue weighted by Crippen LogP contribution is 2.38. The Morgan fingerprint density at radius 3 is 2.52 bits per heavy atom. The molecule has 0 unspecified atom stereocenters. The number of hydrogen-bond donors (Lipinski definition) is 1. The van der Waals surface area contributed by atoms with Gasteiger partial charge in [-0.15, -0.1) is 0 Å². The zero-order valence-electron chi connectivity index (χ0n) is 14.4. The van der Waals surface area contributed by atoms with Crippen LogP contribution in [-0.2, 0) is 9.59 Å². The number of fused-ring (bicyclic) bond motifs is 1. The number of nitrogens with zero attached hydrogens (tertiary/aromatic N) is 2. The number of anilines is 1. The molecule has 7 heteroatoms. The third-order valence-corrected chi connectivity index (χ3v) is 4.62. The predicted molar refractivity (Wildman–Crippen MR) is 90.9 cm³/mol. The monoisotopic (exact) mass is 346 g/mol. The topological polar surface area (TPSA) is 87.2 Å². The first-order valence-electron chi connectivity index (χ1n) is 8.46. The zero-order valence-corrected chi connectivity index (χ0v) is 14.4. The van der Waals surface area contributed by atoms with Crippen LogP contribution >= 0.6 is 0 Å². The normalized spacial score (nSPS) is 19.2. The van der Waals surface area contributed by atoms with Gasteiger partial charge in [-0.25, -0.2) is 4.79 Å². The molecular weight excluding hydrogens is 324 g/mol. The summed E-state index contributed by atoms with van der Waals surface area (Å²) < 4.78 is 5.71. The lowest BCUT2D eigenvalue weighted by atomic mass is 10.0. The number of carboxylic acids is 1. The zero-order chi connectivity index (χ0) is 18.2. The van der Waals surface area contributed by atoms with E-state index in [0.717, 1.165) is 19.3 Å². The van der Waals surface area contributed by atoms with Gasteiger partial charge in [-0.05, 0) is 51.3 Å². The van der Waals surface area contributed by atoms with Crippen LogP contribution in [0.15, 0.2) is 18.2 Å². The Bertz CT molecular complexity index is 722. The van der Waals surface area contributed by atoms with E-state index < -0.39 is 11.6 Å². The van der Waals surface area contributed by atoms with Crippen LogP contribution < -0.4 is 9.64 Å². The minimum atomic E-state index is -1.11. The van der Waals surface area contributed by atoms with Crippen molar-refractivity contribution in [1.29, 1.82) is 0 Å². The molecule has 1 saturated heterocycles. The molecule has 0 bridgehead atoms. The van der Waals surface area contributed by atoms with Gasteiger partial charge >= 0.3 is 5.97 Å². The fourth-order valence-electron chi connectivity index (χ4n) is 3.24. The van der Waals surface area contributed by atoms with Gasteiger partial charge in [0, 0.05) is 13.1 Å². The fourth-order valence-corrected chi connectivity index (χ4v) is 3.24. The molecule has 0 radical (unpaired) electrons. The molecule has 0 atom stereocenters. The summed E-state index contributed by atoms with van der Waals surface area (Å²) in [5.41, 5.74) is -0.736. The molecular formula is C18H22N2O5. The number of piperidine rings is 1. The summed E-state index contributed by atoms with van der Waals surface area (Å²) in [6.45, 7) is 4.57. The summed E-state index contributed by atoms with van der Waals surface area (Å²) in [6.07, 6.45) is 3.04. The van der Waals surface area contributed by atoms with Crippen LogP contribution in [-0.4, -0.2) is 53.0 Å². The number of aromatic carboxylic acids is 1. The van der Waals surface area contributed by atoms with E-state index >= 15 is 0 Å². The smallest absolute Gasteiger partial charge is 0.335 e. The highest BCUT2D eigenvalue weighted by Gasteiger charge is 2.42. The molecule has 2 heterocycles. The largest absolute Gasteiger partial charge is 0.478 e. The number of carboxylic acid groups (broad SMARTS) is 1. The molecule has 0 aliphatic carbocycles. The standard InChI is InChI=1S/C18H22N2O5/c1-18(2)17(24)20(11-15(21)19-8-4-3-5-9-19)13-10-12(16(22)23)6-7-14(13)25-18/h6-7,10H,3-5,8-9,11H2,1-2H3,(H,22,23). The Labute approximate surface area is 146 Å². The summed E-state index contributed by atoms with van der Waals surface area (Å²) in [5, 5.41) is 9.21. The molecule has 3 rings (SSSR count). The Morgan fingerprint density at radius 2 is 1.88 bits per heavy atom. The minimum absolute atomic E-state index is 0.0466. The highest BCUT2D eigenvalue weighted by atomic mass is 16.5. The lowest BCUT2D eigenvalue weighted by Gasteiger charge is -2.39. The van der Waals surface area contributed by atoms with Crippen LogP contribution in [0.25, 0.3) is 0 Å². The summed E-state index contributed by atoms with van der Waals surface area (Å²) in [6, 6.07) is 4.34. The van der Waals surface area contributed by atoms with Crippen molar-refractivity contribution in [3.8, 4) is 5.75 Å². The van der Waals surface area contributed by atoms with E-state index in [2.05, 4.69) is 0 Å². The molecule has 0 spiro atoms. The van der Waals surface area contributed by atoms with Gasteiger partial charge in [0.05, 0.1) is 11.3 Å². The first-order valence-corrected chi connectivity index (χ1v) is 8.46. The third kappa shape index (κ3) is 3.31. The number of ether oxygens (including phenoxy) is 1. The van der Waals surface area contributed by atoms with Gasteiger partial charge < -0.3 is 14.7 Å². The van der Waals surface area contributed by atoms with Gasteiger partial charge in [-0.3, -0.25) is 14.5 Å². The van der Waals surface area contributed by atoms with E-state index in [4.69, 9.17) is 4.74 Å². The van der Waals surface area contributed by atoms with Crippen LogP contribution in [0.5, 0.6) is 5.75 Å². The summed E-state index contributed by atoms with van der Waals surface area (Å²) in [4.78, 5) is 39.8. The second-order valence-corrected chi connectivity index (χ2v) is 6.93. The molecule has 25 heavy (non-hydrogen) atoms. The van der Waals surface area contributed by atoms with Gasteiger partial charge in [-0.2, -0.15) is 0 Å². The third-order valence-electron chi connectivity index (χ3n) is 4.62. The maximum absolute atomic E-state index is 12.8. The van der Waals surface area contributed by atoms with Crippen molar-refractivity contribution in [2.45, 2.75) is 38.7 Å². The van der Waals surface area contributed by atoms with Crippen molar-refractivity contribution in [2.24, 2.45) is 0 Å².